The number of hydrogen-bond acceptors (Lipinski definition) is 3. The summed E-state index contributed by atoms with van der Waals surface area (Å²) in [7, 11) is 5.10. The number of hydrogen-bond donors (Lipinski definition) is 0. The van der Waals surface area contributed by atoms with E-state index in [1.165, 1.54) is 46.8 Å². The van der Waals surface area contributed by atoms with Crippen LogP contribution in [0.15, 0.2) is 66.7 Å². The molecule has 174 valence electrons. The topological polar surface area (TPSA) is 27.7 Å². The molecular weight excluding hydrogens is 475 g/mol. The van der Waals surface area contributed by atoms with Crippen molar-refractivity contribution in [3.8, 4) is 17.2 Å². The second-order valence-electron chi connectivity index (χ2n) is 8.71. The van der Waals surface area contributed by atoms with E-state index in [-0.39, 0.29) is 10.2 Å². The van der Waals surface area contributed by atoms with Crippen molar-refractivity contribution < 1.29 is 14.2 Å². The molecule has 33 heavy (non-hydrogen) atoms. The van der Waals surface area contributed by atoms with Crippen LogP contribution in [0.4, 0.5) is 0 Å². The van der Waals surface area contributed by atoms with Crippen molar-refractivity contribution in [1.29, 1.82) is 0 Å². The van der Waals surface area contributed by atoms with Crippen LogP contribution >= 0.6 is 0 Å². The Balaban J connectivity index is 1.91. The van der Waals surface area contributed by atoms with E-state index in [0.29, 0.717) is 26.5 Å². The van der Waals surface area contributed by atoms with Crippen molar-refractivity contribution in [3.05, 3.63) is 89.0 Å². The van der Waals surface area contributed by atoms with Crippen LogP contribution in [0, 0.1) is 6.92 Å². The summed E-state index contributed by atoms with van der Waals surface area (Å²) in [5.41, 5.74) is 5.19. The molecule has 0 saturated carbocycles. The molecule has 0 amide bonds. The number of methoxy groups -OCH3 is 3. The summed E-state index contributed by atoms with van der Waals surface area (Å²) in [6, 6.07) is 24.2. The zero-order valence-corrected chi connectivity index (χ0v) is 21.8. The first-order chi connectivity index (χ1) is 16.1. The Hall–Kier alpha value is -2.42. The minimum atomic E-state index is 0.195. The van der Waals surface area contributed by atoms with E-state index in [1.54, 1.807) is 21.3 Å². The van der Waals surface area contributed by atoms with Crippen LogP contribution < -0.4 is 14.2 Å². The molecule has 4 rings (SSSR count). The predicted octanol–water partition coefficient (Wildman–Crippen LogP) is 6.74. The van der Waals surface area contributed by atoms with Crippen LogP contribution in [0.1, 0.15) is 53.9 Å². The maximum absolute atomic E-state index is 6.02. The van der Waals surface area contributed by atoms with Gasteiger partial charge in [0.05, 0.1) is 0 Å². The first kappa shape index (κ1) is 23.7. The van der Waals surface area contributed by atoms with Crippen LogP contribution in [-0.4, -0.2) is 36.3 Å². The van der Waals surface area contributed by atoms with Gasteiger partial charge in [-0.3, -0.25) is 0 Å². The minimum absolute atomic E-state index is 0.195. The van der Waals surface area contributed by atoms with Crippen molar-refractivity contribution >= 4 is 15.0 Å². The third-order valence-corrected chi connectivity index (χ3v) is 10.3. The van der Waals surface area contributed by atoms with Gasteiger partial charge in [0.25, 0.3) is 0 Å². The fraction of sp³-hybridized carbons (Fsp3) is 0.379. The summed E-state index contributed by atoms with van der Waals surface area (Å²) in [4.78, 5) is 0. The summed E-state index contributed by atoms with van der Waals surface area (Å²) in [5, 5.41) is 1.34. The van der Waals surface area contributed by atoms with Gasteiger partial charge >= 0.3 is 205 Å². The van der Waals surface area contributed by atoms with Crippen LogP contribution in [0.3, 0.4) is 0 Å². The second kappa shape index (κ2) is 10.7. The standard InChI is InChI=1S/C29H34O3Se/c1-21-19-25(30-2)27(31-3)28(32-4)26(21)24(22-13-7-5-8-14-22)20-29(17-11-12-18-33-29)23-15-9-6-10-16-23/h5-10,13-16,19,24H,11-12,17-18,20H2,1-4H3. The molecule has 2 atom stereocenters. The summed E-state index contributed by atoms with van der Waals surface area (Å²) in [5.74, 6) is 2.36. The molecule has 1 heterocycles. The average molecular weight is 510 g/mol. The summed E-state index contributed by atoms with van der Waals surface area (Å²) in [6.07, 6.45) is 4.95. The van der Waals surface area contributed by atoms with Crippen molar-refractivity contribution in [2.75, 3.05) is 21.3 Å². The van der Waals surface area contributed by atoms with Crippen LogP contribution in [0.2, 0.25) is 5.32 Å². The van der Waals surface area contributed by atoms with E-state index in [1.807, 2.05) is 0 Å². The quantitative estimate of drug-likeness (QED) is 0.315. The first-order valence-electron chi connectivity index (χ1n) is 11.7. The van der Waals surface area contributed by atoms with Gasteiger partial charge in [0.2, 0.25) is 0 Å². The molecule has 0 aliphatic carbocycles. The van der Waals surface area contributed by atoms with Crippen molar-refractivity contribution in [3.63, 3.8) is 0 Å². The molecule has 0 spiro atoms. The SMILES string of the molecule is COc1cc(C)c(C(CC2(c3ccccc3)CCCC[Se]2)c2ccccc2)c(OC)c1OC. The zero-order valence-electron chi connectivity index (χ0n) is 20.1. The molecule has 1 fully saturated rings. The Morgan fingerprint density at radius 3 is 2.09 bits per heavy atom. The third kappa shape index (κ3) is 4.78. The normalized spacial score (nSPS) is 19.0. The van der Waals surface area contributed by atoms with Gasteiger partial charge in [-0.15, -0.1) is 0 Å². The summed E-state index contributed by atoms with van der Waals surface area (Å²) in [6.45, 7) is 2.16. The molecule has 0 radical (unpaired) electrons. The molecule has 1 aliphatic rings. The summed E-state index contributed by atoms with van der Waals surface area (Å²) >= 11 is 0.539. The number of rotatable bonds is 8. The van der Waals surface area contributed by atoms with Gasteiger partial charge in [-0.1, -0.05) is 0 Å². The average Bonchev–Trinajstić information content (AvgIpc) is 2.88. The van der Waals surface area contributed by atoms with Crippen LogP contribution in [0.5, 0.6) is 17.2 Å². The molecule has 0 bridgehead atoms. The van der Waals surface area contributed by atoms with Gasteiger partial charge in [-0.25, -0.2) is 0 Å². The number of aryl methyl sites for hydroxylation is 1. The summed E-state index contributed by atoms with van der Waals surface area (Å²) < 4.78 is 17.7. The van der Waals surface area contributed by atoms with Gasteiger partial charge in [0.1, 0.15) is 0 Å². The molecule has 0 N–H and O–H groups in total. The van der Waals surface area contributed by atoms with Crippen molar-refractivity contribution in [2.24, 2.45) is 0 Å². The molecule has 3 nitrogen and oxygen atoms in total. The van der Waals surface area contributed by atoms with Gasteiger partial charge in [-0.2, -0.15) is 0 Å². The predicted molar refractivity (Wildman–Crippen MR) is 136 cm³/mol. The Labute approximate surface area is 204 Å². The number of benzene rings is 3. The first-order valence-corrected chi connectivity index (χ1v) is 13.7. The van der Waals surface area contributed by atoms with E-state index < -0.39 is 0 Å². The van der Waals surface area contributed by atoms with Gasteiger partial charge in [0.15, 0.2) is 0 Å². The Morgan fingerprint density at radius 1 is 0.848 bits per heavy atom. The van der Waals surface area contributed by atoms with Crippen molar-refractivity contribution in [2.45, 2.75) is 48.2 Å². The van der Waals surface area contributed by atoms with Crippen LogP contribution in [0.25, 0.3) is 0 Å². The molecule has 0 aromatic heterocycles. The molecular formula is C29H34O3Se. The Kier molecular flexibility index (Phi) is 7.67. The maximum atomic E-state index is 6.02. The fourth-order valence-electron chi connectivity index (χ4n) is 5.24. The van der Waals surface area contributed by atoms with Gasteiger partial charge in [0, 0.05) is 0 Å². The monoisotopic (exact) mass is 510 g/mol. The molecule has 3 aromatic rings. The molecule has 1 saturated heterocycles. The molecule has 2 unspecified atom stereocenters. The molecule has 4 heteroatoms. The van der Waals surface area contributed by atoms with E-state index in [4.69, 9.17) is 14.2 Å². The van der Waals surface area contributed by atoms with E-state index in [0.717, 1.165) is 12.2 Å². The molecule has 3 aromatic carbocycles. The van der Waals surface area contributed by atoms with E-state index >= 15 is 0 Å². The van der Waals surface area contributed by atoms with Gasteiger partial charge < -0.3 is 0 Å². The van der Waals surface area contributed by atoms with Crippen molar-refractivity contribution in [1.82, 2.24) is 0 Å². The van der Waals surface area contributed by atoms with Gasteiger partial charge in [-0.05, 0) is 0 Å². The fourth-order valence-corrected chi connectivity index (χ4v) is 8.62. The Morgan fingerprint density at radius 2 is 1.52 bits per heavy atom. The molecule has 1 aliphatic heterocycles. The zero-order chi connectivity index (χ0) is 23.3. The second-order valence-corrected chi connectivity index (χ2v) is 11.8. The third-order valence-electron chi connectivity index (χ3n) is 6.81. The van der Waals surface area contributed by atoms with E-state index in [9.17, 15) is 0 Å². The number of ether oxygens (including phenoxy) is 3. The Bertz CT molecular complexity index is 1040. The van der Waals surface area contributed by atoms with Crippen LogP contribution in [-0.2, 0) is 4.31 Å². The van der Waals surface area contributed by atoms with E-state index in [2.05, 4.69) is 73.7 Å².